The number of nitrogens with zero attached hydrogens (tertiary/aromatic N) is 4. The van der Waals surface area contributed by atoms with Crippen LogP contribution in [0.15, 0.2) is 21.9 Å². The van der Waals surface area contributed by atoms with Crippen LogP contribution < -0.4 is 0 Å². The van der Waals surface area contributed by atoms with Gasteiger partial charge in [0.05, 0.1) is 11.4 Å². The molecule has 0 unspecified atom stereocenters. The van der Waals surface area contributed by atoms with E-state index in [-0.39, 0.29) is 5.78 Å². The number of Topliss-reactive ketones (excluding diaryl/α,β-unsaturated/α-hetero) is 1. The third kappa shape index (κ3) is 2.82. The Kier molecular flexibility index (Phi) is 3.56. The van der Waals surface area contributed by atoms with Crippen LogP contribution in [0.5, 0.6) is 0 Å². The molecule has 1 aliphatic carbocycles. The molecule has 19 heavy (non-hydrogen) atoms. The minimum Gasteiger partial charge on any atom is -0.289 e. The second-order valence-corrected chi connectivity index (χ2v) is 5.40. The fraction of sp³-hybridized carbons (Fsp3) is 0.250. The number of rotatable bonds is 2. The molecule has 1 aliphatic rings. The van der Waals surface area contributed by atoms with E-state index in [4.69, 9.17) is 0 Å². The van der Waals surface area contributed by atoms with Crippen LogP contribution in [0.2, 0.25) is 0 Å². The van der Waals surface area contributed by atoms with Crippen LogP contribution >= 0.6 is 23.1 Å². The highest BCUT2D eigenvalue weighted by Gasteiger charge is 2.21. The van der Waals surface area contributed by atoms with Crippen molar-refractivity contribution in [2.24, 2.45) is 0 Å². The normalized spacial score (nSPS) is 20.3. The molecule has 0 bridgehead atoms. The highest BCUT2D eigenvalue weighted by Crippen LogP contribution is 2.27. The van der Waals surface area contributed by atoms with Gasteiger partial charge in [0.25, 0.3) is 0 Å². The van der Waals surface area contributed by atoms with Crippen LogP contribution in [0.3, 0.4) is 0 Å². The molecule has 7 heteroatoms. The summed E-state index contributed by atoms with van der Waals surface area (Å²) >= 11 is 2.57. The zero-order chi connectivity index (χ0) is 13.1. The van der Waals surface area contributed by atoms with Gasteiger partial charge in [0, 0.05) is 21.9 Å². The minimum absolute atomic E-state index is 0.0900. The van der Waals surface area contributed by atoms with Crippen molar-refractivity contribution in [2.75, 3.05) is 0 Å². The van der Waals surface area contributed by atoms with Gasteiger partial charge in [-0.15, -0.1) is 10.2 Å². The van der Waals surface area contributed by atoms with Crippen molar-refractivity contribution in [1.82, 2.24) is 19.2 Å². The Hall–Kier alpha value is -1.73. The smallest absolute Gasteiger partial charge is 0.185 e. The van der Waals surface area contributed by atoms with Crippen LogP contribution in [0, 0.1) is 0 Å². The number of hydrogen-bond donors (Lipinski definition) is 0. The molecule has 0 atom stereocenters. The van der Waals surface area contributed by atoms with E-state index in [1.807, 2.05) is 22.9 Å². The number of allylic oxidation sites excluding steroid dienone is 2. The summed E-state index contributed by atoms with van der Waals surface area (Å²) in [7, 11) is 0. The molecule has 1 saturated carbocycles. The van der Waals surface area contributed by atoms with Crippen molar-refractivity contribution in [3.8, 4) is 0 Å². The molecule has 2 aromatic rings. The highest BCUT2D eigenvalue weighted by atomic mass is 32.1. The maximum atomic E-state index is 12.4. The highest BCUT2D eigenvalue weighted by molar-refractivity contribution is 7.03. The van der Waals surface area contributed by atoms with Crippen LogP contribution in [0.4, 0.5) is 0 Å². The maximum absolute atomic E-state index is 12.4. The van der Waals surface area contributed by atoms with Crippen LogP contribution in [0.25, 0.3) is 12.2 Å². The standard InChI is InChI=1S/C12H10N4OS2/c17-12-8(4-10-6-18-15-13-10)2-1-3-9(12)5-11-7-19-16-14-11/h4-7H,1-3H2/b8-4-,9-5+. The molecule has 2 aromatic heterocycles. The SMILES string of the molecule is O=C1/C(=C\c2csnn2)CCC/C1=C\c1csnn1. The number of carbonyl (C=O) groups is 1. The Balaban J connectivity index is 1.87. The summed E-state index contributed by atoms with van der Waals surface area (Å²) in [5, 5.41) is 11.6. The van der Waals surface area contributed by atoms with Crippen molar-refractivity contribution in [3.63, 3.8) is 0 Å². The zero-order valence-corrected chi connectivity index (χ0v) is 11.6. The first-order valence-electron chi connectivity index (χ1n) is 5.83. The Morgan fingerprint density at radius 1 is 0.947 bits per heavy atom. The Morgan fingerprint density at radius 3 is 1.89 bits per heavy atom. The van der Waals surface area contributed by atoms with Gasteiger partial charge >= 0.3 is 0 Å². The fourth-order valence-corrected chi connectivity index (χ4v) is 2.83. The predicted molar refractivity (Wildman–Crippen MR) is 74.6 cm³/mol. The molecule has 5 nitrogen and oxygen atoms in total. The maximum Gasteiger partial charge on any atom is 0.185 e. The molecule has 0 aliphatic heterocycles. The van der Waals surface area contributed by atoms with Crippen molar-refractivity contribution >= 4 is 41.0 Å². The largest absolute Gasteiger partial charge is 0.289 e. The zero-order valence-electron chi connectivity index (χ0n) is 9.94. The molecule has 0 radical (unpaired) electrons. The Labute approximate surface area is 118 Å². The van der Waals surface area contributed by atoms with Gasteiger partial charge in [-0.1, -0.05) is 8.98 Å². The quantitative estimate of drug-likeness (QED) is 0.795. The molecule has 0 N–H and O–H groups in total. The second-order valence-electron chi connectivity index (χ2n) is 4.18. The molecule has 3 rings (SSSR count). The van der Waals surface area contributed by atoms with E-state index in [0.717, 1.165) is 41.8 Å². The lowest BCUT2D eigenvalue weighted by Gasteiger charge is -2.15. The topological polar surface area (TPSA) is 68.6 Å². The Morgan fingerprint density at radius 2 is 1.47 bits per heavy atom. The van der Waals surface area contributed by atoms with Gasteiger partial charge in [-0.2, -0.15) is 0 Å². The first-order chi connectivity index (χ1) is 9.33. The Bertz CT molecular complexity index is 575. The van der Waals surface area contributed by atoms with Crippen LogP contribution in [-0.2, 0) is 4.79 Å². The lowest BCUT2D eigenvalue weighted by Crippen LogP contribution is -2.12. The number of ketones is 1. The summed E-state index contributed by atoms with van der Waals surface area (Å²) in [4.78, 5) is 12.4. The van der Waals surface area contributed by atoms with Crippen LogP contribution in [-0.4, -0.2) is 25.0 Å². The third-order valence-electron chi connectivity index (χ3n) is 2.87. The van der Waals surface area contributed by atoms with Gasteiger partial charge < -0.3 is 0 Å². The van der Waals surface area contributed by atoms with E-state index in [2.05, 4.69) is 19.2 Å². The van der Waals surface area contributed by atoms with Crippen LogP contribution in [0.1, 0.15) is 30.7 Å². The fourth-order valence-electron chi connectivity index (χ4n) is 2.00. The average Bonchev–Trinajstić information content (AvgIpc) is 3.07. The summed E-state index contributed by atoms with van der Waals surface area (Å²) in [6.45, 7) is 0. The monoisotopic (exact) mass is 290 g/mol. The first-order valence-corrected chi connectivity index (χ1v) is 7.50. The van der Waals surface area contributed by atoms with Gasteiger partial charge in [0.2, 0.25) is 0 Å². The van der Waals surface area contributed by atoms with Crippen molar-refractivity contribution in [2.45, 2.75) is 19.3 Å². The molecule has 96 valence electrons. The molecule has 0 saturated heterocycles. The molecule has 0 aromatic carbocycles. The lowest BCUT2D eigenvalue weighted by molar-refractivity contribution is -0.112. The lowest BCUT2D eigenvalue weighted by atomic mass is 9.88. The van der Waals surface area contributed by atoms with E-state index < -0.39 is 0 Å². The van der Waals surface area contributed by atoms with Gasteiger partial charge in [-0.05, 0) is 54.5 Å². The molecule has 2 heterocycles. The summed E-state index contributed by atoms with van der Waals surface area (Å²) in [5.41, 5.74) is 3.11. The van der Waals surface area contributed by atoms with Gasteiger partial charge in [-0.3, -0.25) is 4.79 Å². The third-order valence-corrected chi connectivity index (χ3v) is 3.92. The number of hydrogen-bond acceptors (Lipinski definition) is 7. The van der Waals surface area contributed by atoms with E-state index in [0.29, 0.717) is 0 Å². The molecular formula is C12H10N4OS2. The molecule has 0 amide bonds. The minimum atomic E-state index is 0.0900. The predicted octanol–water partition coefficient (Wildman–Crippen LogP) is 2.61. The van der Waals surface area contributed by atoms with Gasteiger partial charge in [0.1, 0.15) is 0 Å². The molecule has 0 spiro atoms. The number of carbonyl (C=O) groups excluding carboxylic acids is 1. The summed E-state index contributed by atoms with van der Waals surface area (Å²) in [6.07, 6.45) is 6.22. The van der Waals surface area contributed by atoms with Gasteiger partial charge in [0.15, 0.2) is 5.78 Å². The summed E-state index contributed by atoms with van der Waals surface area (Å²) in [6, 6.07) is 0. The number of aromatic nitrogens is 4. The van der Waals surface area contributed by atoms with E-state index in [1.165, 1.54) is 23.1 Å². The summed E-state index contributed by atoms with van der Waals surface area (Å²) in [5.74, 6) is 0.0900. The molecular weight excluding hydrogens is 280 g/mol. The van der Waals surface area contributed by atoms with E-state index in [9.17, 15) is 4.79 Å². The van der Waals surface area contributed by atoms with Crippen molar-refractivity contribution in [3.05, 3.63) is 33.3 Å². The van der Waals surface area contributed by atoms with E-state index >= 15 is 0 Å². The van der Waals surface area contributed by atoms with E-state index in [1.54, 1.807) is 0 Å². The second kappa shape index (κ2) is 5.50. The summed E-state index contributed by atoms with van der Waals surface area (Å²) < 4.78 is 7.59. The van der Waals surface area contributed by atoms with Gasteiger partial charge in [-0.25, -0.2) is 0 Å². The van der Waals surface area contributed by atoms with Crippen molar-refractivity contribution in [1.29, 1.82) is 0 Å². The molecule has 1 fully saturated rings. The first kappa shape index (κ1) is 12.3. The van der Waals surface area contributed by atoms with Crippen molar-refractivity contribution < 1.29 is 4.79 Å². The average molecular weight is 290 g/mol.